The van der Waals surface area contributed by atoms with E-state index in [-0.39, 0.29) is 11.5 Å². The molecule has 1 aromatic rings. The van der Waals surface area contributed by atoms with Gasteiger partial charge in [0.1, 0.15) is 0 Å². The highest BCUT2D eigenvalue weighted by atomic mass is 16.2. The number of aromatic nitrogens is 1. The van der Waals surface area contributed by atoms with E-state index >= 15 is 0 Å². The molecule has 0 saturated heterocycles. The highest BCUT2D eigenvalue weighted by Crippen LogP contribution is 2.02. The van der Waals surface area contributed by atoms with Crippen molar-refractivity contribution in [1.82, 2.24) is 10.3 Å². The first-order chi connectivity index (χ1) is 6.94. The number of aromatic amines is 1. The van der Waals surface area contributed by atoms with Gasteiger partial charge in [0, 0.05) is 12.3 Å². The van der Waals surface area contributed by atoms with E-state index in [2.05, 4.69) is 16.2 Å². The Hall–Kier alpha value is -2.02. The molecule has 0 aliphatic rings. The standard InChI is InChI=1S/C11H12N2O2/c1-4-11(2,3)13-10(15)8-5-6-9(14)12-7-8/h1,5-7H,2-3H3,(H,12,14)(H,13,15). The molecule has 0 radical (unpaired) electrons. The largest absolute Gasteiger partial charge is 0.336 e. The molecular formula is C11H12N2O2. The van der Waals surface area contributed by atoms with Crippen LogP contribution in [-0.2, 0) is 0 Å². The molecule has 1 rings (SSSR count). The summed E-state index contributed by atoms with van der Waals surface area (Å²) < 4.78 is 0. The van der Waals surface area contributed by atoms with Crippen molar-refractivity contribution in [2.24, 2.45) is 0 Å². The Morgan fingerprint density at radius 1 is 1.53 bits per heavy atom. The molecule has 15 heavy (non-hydrogen) atoms. The zero-order chi connectivity index (χ0) is 11.5. The third kappa shape index (κ3) is 2.99. The van der Waals surface area contributed by atoms with Crippen LogP contribution in [0.25, 0.3) is 0 Å². The van der Waals surface area contributed by atoms with Crippen molar-refractivity contribution in [3.8, 4) is 12.3 Å². The molecule has 1 aromatic heterocycles. The SMILES string of the molecule is C#CC(C)(C)NC(=O)c1ccc(=O)[nH]c1. The molecule has 0 spiro atoms. The van der Waals surface area contributed by atoms with Gasteiger partial charge in [-0.1, -0.05) is 5.92 Å². The highest BCUT2D eigenvalue weighted by molar-refractivity contribution is 5.94. The molecule has 0 aromatic carbocycles. The van der Waals surface area contributed by atoms with Gasteiger partial charge in [-0.05, 0) is 19.9 Å². The van der Waals surface area contributed by atoms with E-state index in [0.29, 0.717) is 5.56 Å². The number of amides is 1. The van der Waals surface area contributed by atoms with Gasteiger partial charge in [0.25, 0.3) is 5.91 Å². The van der Waals surface area contributed by atoms with Crippen LogP contribution >= 0.6 is 0 Å². The van der Waals surface area contributed by atoms with Crippen molar-refractivity contribution in [3.63, 3.8) is 0 Å². The first-order valence-corrected chi connectivity index (χ1v) is 4.43. The smallest absolute Gasteiger partial charge is 0.253 e. The topological polar surface area (TPSA) is 62.0 Å². The average molecular weight is 204 g/mol. The maximum absolute atomic E-state index is 11.6. The lowest BCUT2D eigenvalue weighted by atomic mass is 10.1. The number of pyridine rings is 1. The summed E-state index contributed by atoms with van der Waals surface area (Å²) in [6, 6.07) is 2.73. The van der Waals surface area contributed by atoms with Crippen molar-refractivity contribution >= 4 is 5.91 Å². The Kier molecular flexibility index (Phi) is 2.96. The monoisotopic (exact) mass is 204 g/mol. The van der Waals surface area contributed by atoms with Crippen LogP contribution in [0.4, 0.5) is 0 Å². The number of terminal acetylenes is 1. The van der Waals surface area contributed by atoms with Gasteiger partial charge < -0.3 is 10.3 Å². The quantitative estimate of drug-likeness (QED) is 0.690. The second-order valence-corrected chi connectivity index (χ2v) is 3.67. The van der Waals surface area contributed by atoms with Crippen molar-refractivity contribution < 1.29 is 4.79 Å². The molecule has 1 heterocycles. The number of hydrogen-bond acceptors (Lipinski definition) is 2. The van der Waals surface area contributed by atoms with E-state index in [1.54, 1.807) is 13.8 Å². The fourth-order valence-electron chi connectivity index (χ4n) is 0.944. The molecule has 0 aliphatic heterocycles. The third-order valence-corrected chi connectivity index (χ3v) is 1.83. The molecule has 4 heteroatoms. The minimum absolute atomic E-state index is 0.247. The van der Waals surface area contributed by atoms with Crippen LogP contribution in [-0.4, -0.2) is 16.4 Å². The summed E-state index contributed by atoms with van der Waals surface area (Å²) in [5.41, 5.74) is -0.576. The molecule has 78 valence electrons. The molecule has 1 amide bonds. The van der Waals surface area contributed by atoms with E-state index < -0.39 is 5.54 Å². The van der Waals surface area contributed by atoms with Gasteiger partial charge in [-0.25, -0.2) is 0 Å². The van der Waals surface area contributed by atoms with Crippen LogP contribution in [0.2, 0.25) is 0 Å². The lowest BCUT2D eigenvalue weighted by Gasteiger charge is -2.19. The normalized spacial score (nSPS) is 10.5. The summed E-state index contributed by atoms with van der Waals surface area (Å²) in [6.07, 6.45) is 6.59. The molecule has 0 atom stereocenters. The number of carbonyl (C=O) groups is 1. The second-order valence-electron chi connectivity index (χ2n) is 3.67. The highest BCUT2D eigenvalue weighted by Gasteiger charge is 2.17. The van der Waals surface area contributed by atoms with E-state index in [1.165, 1.54) is 18.3 Å². The minimum Gasteiger partial charge on any atom is -0.336 e. The Balaban J connectivity index is 2.84. The van der Waals surface area contributed by atoms with Gasteiger partial charge in [-0.3, -0.25) is 9.59 Å². The first-order valence-electron chi connectivity index (χ1n) is 4.43. The van der Waals surface area contributed by atoms with Crippen molar-refractivity contribution in [2.75, 3.05) is 0 Å². The fraction of sp³-hybridized carbons (Fsp3) is 0.273. The zero-order valence-electron chi connectivity index (χ0n) is 8.63. The van der Waals surface area contributed by atoms with Gasteiger partial charge in [0.15, 0.2) is 0 Å². The second kappa shape index (κ2) is 4.01. The Bertz CT molecular complexity index is 446. The van der Waals surface area contributed by atoms with Gasteiger partial charge in [-0.15, -0.1) is 6.42 Å². The van der Waals surface area contributed by atoms with Crippen molar-refractivity contribution in [1.29, 1.82) is 0 Å². The van der Waals surface area contributed by atoms with Gasteiger partial charge in [0.2, 0.25) is 5.56 Å². The molecule has 4 nitrogen and oxygen atoms in total. The van der Waals surface area contributed by atoms with Crippen molar-refractivity contribution in [2.45, 2.75) is 19.4 Å². The van der Waals surface area contributed by atoms with Crippen LogP contribution in [0, 0.1) is 12.3 Å². The predicted molar refractivity (Wildman–Crippen MR) is 57.4 cm³/mol. The maximum Gasteiger partial charge on any atom is 0.253 e. The molecule has 2 N–H and O–H groups in total. The molecular weight excluding hydrogens is 192 g/mol. The summed E-state index contributed by atoms with van der Waals surface area (Å²) in [5.74, 6) is 2.14. The van der Waals surface area contributed by atoms with Crippen LogP contribution in [0.5, 0.6) is 0 Å². The van der Waals surface area contributed by atoms with E-state index in [9.17, 15) is 9.59 Å². The van der Waals surface area contributed by atoms with Crippen LogP contribution in [0.1, 0.15) is 24.2 Å². The summed E-state index contributed by atoms with van der Waals surface area (Å²) in [6.45, 7) is 3.44. The summed E-state index contributed by atoms with van der Waals surface area (Å²) in [7, 11) is 0. The average Bonchev–Trinajstić information content (AvgIpc) is 2.18. The lowest BCUT2D eigenvalue weighted by molar-refractivity contribution is 0.0929. The summed E-state index contributed by atoms with van der Waals surface area (Å²) >= 11 is 0. The molecule has 0 unspecified atom stereocenters. The third-order valence-electron chi connectivity index (χ3n) is 1.83. The number of rotatable bonds is 2. The van der Waals surface area contributed by atoms with Crippen molar-refractivity contribution in [3.05, 3.63) is 34.2 Å². The molecule has 0 aliphatic carbocycles. The number of hydrogen-bond donors (Lipinski definition) is 2. The zero-order valence-corrected chi connectivity index (χ0v) is 8.63. The Morgan fingerprint density at radius 2 is 2.20 bits per heavy atom. The number of nitrogens with one attached hydrogen (secondary N) is 2. The van der Waals surface area contributed by atoms with Crippen LogP contribution < -0.4 is 10.9 Å². The fourth-order valence-corrected chi connectivity index (χ4v) is 0.944. The van der Waals surface area contributed by atoms with E-state index in [1.807, 2.05) is 0 Å². The predicted octanol–water partition coefficient (Wildman–Crippen LogP) is 0.516. The lowest BCUT2D eigenvalue weighted by Crippen LogP contribution is -2.42. The van der Waals surface area contributed by atoms with E-state index in [0.717, 1.165) is 0 Å². The van der Waals surface area contributed by atoms with Crippen LogP contribution in [0.15, 0.2) is 23.1 Å². The summed E-state index contributed by atoms with van der Waals surface area (Å²) in [5, 5.41) is 2.64. The van der Waals surface area contributed by atoms with E-state index in [4.69, 9.17) is 6.42 Å². The minimum atomic E-state index is -0.701. The van der Waals surface area contributed by atoms with Gasteiger partial charge in [-0.2, -0.15) is 0 Å². The Morgan fingerprint density at radius 3 is 2.67 bits per heavy atom. The number of carbonyl (C=O) groups excluding carboxylic acids is 1. The molecule has 0 bridgehead atoms. The number of H-pyrrole nitrogens is 1. The molecule has 0 fully saturated rings. The maximum atomic E-state index is 11.6. The molecule has 0 saturated carbocycles. The van der Waals surface area contributed by atoms with Gasteiger partial charge in [0.05, 0.1) is 11.1 Å². The van der Waals surface area contributed by atoms with Crippen LogP contribution in [0.3, 0.4) is 0 Å². The first kappa shape index (κ1) is 11.1. The summed E-state index contributed by atoms with van der Waals surface area (Å²) in [4.78, 5) is 24.8. The Labute approximate surface area is 87.7 Å². The van der Waals surface area contributed by atoms with Gasteiger partial charge >= 0.3 is 0 Å².